The van der Waals surface area contributed by atoms with Crippen LogP contribution in [0.2, 0.25) is 0 Å². The van der Waals surface area contributed by atoms with Crippen molar-refractivity contribution in [2.24, 2.45) is 0 Å². The normalized spacial score (nSPS) is 16.3. The summed E-state index contributed by atoms with van der Waals surface area (Å²) < 4.78 is 5.52. The summed E-state index contributed by atoms with van der Waals surface area (Å²) in [4.78, 5) is 31.5. The highest BCUT2D eigenvalue weighted by molar-refractivity contribution is 5.98. The third-order valence-corrected chi connectivity index (χ3v) is 6.26. The zero-order chi connectivity index (χ0) is 22.6. The second-order valence-corrected chi connectivity index (χ2v) is 8.49. The molecule has 0 bridgehead atoms. The van der Waals surface area contributed by atoms with Gasteiger partial charge in [-0.1, -0.05) is 54.6 Å². The molecule has 0 N–H and O–H groups in total. The highest BCUT2D eigenvalue weighted by Gasteiger charge is 2.26. The summed E-state index contributed by atoms with van der Waals surface area (Å²) >= 11 is 0. The minimum atomic E-state index is -0.0674. The van der Waals surface area contributed by atoms with Gasteiger partial charge >= 0.3 is 0 Å². The van der Waals surface area contributed by atoms with Gasteiger partial charge in [0.2, 0.25) is 0 Å². The molecular weight excluding hydrogens is 414 g/mol. The molecule has 0 aromatic heterocycles. The zero-order valence-electron chi connectivity index (χ0n) is 18.5. The van der Waals surface area contributed by atoms with Gasteiger partial charge in [0, 0.05) is 38.3 Å². The number of para-hydroxylation sites is 2. The number of carbonyl (C=O) groups excluding carboxylic acids is 2. The van der Waals surface area contributed by atoms with Crippen molar-refractivity contribution in [2.75, 3.05) is 37.7 Å². The quantitative estimate of drug-likeness (QED) is 0.608. The molecule has 2 amide bonds. The lowest BCUT2D eigenvalue weighted by Crippen LogP contribution is -2.48. The van der Waals surface area contributed by atoms with E-state index in [1.165, 1.54) is 5.56 Å². The van der Waals surface area contributed by atoms with Gasteiger partial charge in [0.05, 0.1) is 12.2 Å². The summed E-state index contributed by atoms with van der Waals surface area (Å²) in [6.07, 6.45) is 0. The van der Waals surface area contributed by atoms with Crippen molar-refractivity contribution in [3.8, 4) is 5.75 Å². The van der Waals surface area contributed by atoms with E-state index < -0.39 is 0 Å². The van der Waals surface area contributed by atoms with Crippen LogP contribution in [0, 0.1) is 0 Å². The Morgan fingerprint density at radius 3 is 2.18 bits per heavy atom. The number of carbonyl (C=O) groups is 2. The Bertz CT molecular complexity index is 1120. The standard InChI is InChI=1S/C27H27N3O3/c31-26-20-33-25-9-5-4-8-24(25)30(26)19-22-10-12-23(13-11-22)27(32)29-16-14-28(15-17-29)18-21-6-2-1-3-7-21/h1-13H,14-20H2. The Balaban J connectivity index is 1.19. The molecule has 6 heteroatoms. The number of piperazine rings is 1. The molecule has 168 valence electrons. The fourth-order valence-electron chi connectivity index (χ4n) is 4.40. The van der Waals surface area contributed by atoms with Crippen LogP contribution in [0.4, 0.5) is 5.69 Å². The van der Waals surface area contributed by atoms with Crippen molar-refractivity contribution in [3.05, 3.63) is 95.6 Å². The lowest BCUT2D eigenvalue weighted by Gasteiger charge is -2.34. The van der Waals surface area contributed by atoms with E-state index in [0.717, 1.165) is 49.7 Å². The van der Waals surface area contributed by atoms with Gasteiger partial charge in [-0.25, -0.2) is 0 Å². The van der Waals surface area contributed by atoms with Gasteiger partial charge in [0.1, 0.15) is 5.75 Å². The van der Waals surface area contributed by atoms with Crippen LogP contribution in [-0.4, -0.2) is 54.4 Å². The van der Waals surface area contributed by atoms with Crippen molar-refractivity contribution >= 4 is 17.5 Å². The monoisotopic (exact) mass is 441 g/mol. The minimum Gasteiger partial charge on any atom is -0.482 e. The second-order valence-electron chi connectivity index (χ2n) is 8.49. The zero-order valence-corrected chi connectivity index (χ0v) is 18.5. The molecule has 33 heavy (non-hydrogen) atoms. The number of benzene rings is 3. The van der Waals surface area contributed by atoms with E-state index in [1.54, 1.807) is 4.90 Å². The number of nitrogens with zero attached hydrogens (tertiary/aromatic N) is 3. The van der Waals surface area contributed by atoms with Gasteiger partial charge in [-0.2, -0.15) is 0 Å². The number of rotatable bonds is 5. The van der Waals surface area contributed by atoms with Crippen LogP contribution in [-0.2, 0) is 17.9 Å². The Kier molecular flexibility index (Phi) is 6.09. The van der Waals surface area contributed by atoms with E-state index >= 15 is 0 Å². The molecule has 0 spiro atoms. The molecule has 0 radical (unpaired) electrons. The third kappa shape index (κ3) is 4.76. The summed E-state index contributed by atoms with van der Waals surface area (Å²) in [6, 6.07) is 25.6. The maximum atomic E-state index is 13.0. The molecule has 3 aromatic carbocycles. The summed E-state index contributed by atoms with van der Waals surface area (Å²) in [6.45, 7) is 4.62. The van der Waals surface area contributed by atoms with Crippen LogP contribution < -0.4 is 9.64 Å². The highest BCUT2D eigenvalue weighted by Crippen LogP contribution is 2.32. The lowest BCUT2D eigenvalue weighted by molar-refractivity contribution is -0.121. The molecule has 2 heterocycles. The van der Waals surface area contributed by atoms with Gasteiger partial charge in [0.25, 0.3) is 11.8 Å². The molecule has 2 aliphatic heterocycles. The van der Waals surface area contributed by atoms with Gasteiger partial charge in [-0.15, -0.1) is 0 Å². The third-order valence-electron chi connectivity index (χ3n) is 6.26. The number of amides is 2. The van der Waals surface area contributed by atoms with Crippen LogP contribution in [0.15, 0.2) is 78.9 Å². The minimum absolute atomic E-state index is 0.0455. The number of ether oxygens (including phenoxy) is 1. The van der Waals surface area contributed by atoms with Crippen LogP contribution >= 0.6 is 0 Å². The van der Waals surface area contributed by atoms with Crippen molar-refractivity contribution < 1.29 is 14.3 Å². The Morgan fingerprint density at radius 1 is 0.758 bits per heavy atom. The van der Waals surface area contributed by atoms with E-state index in [9.17, 15) is 9.59 Å². The molecule has 2 aliphatic rings. The van der Waals surface area contributed by atoms with E-state index in [0.29, 0.717) is 12.1 Å². The SMILES string of the molecule is O=C(c1ccc(CN2C(=O)COc3ccccc32)cc1)N1CCN(Cc2ccccc2)CC1. The summed E-state index contributed by atoms with van der Waals surface area (Å²) in [5, 5.41) is 0. The van der Waals surface area contributed by atoms with Crippen LogP contribution in [0.1, 0.15) is 21.5 Å². The van der Waals surface area contributed by atoms with Gasteiger partial charge in [-0.3, -0.25) is 14.5 Å². The summed E-state index contributed by atoms with van der Waals surface area (Å²) in [5.74, 6) is 0.714. The fraction of sp³-hybridized carbons (Fsp3) is 0.259. The second kappa shape index (κ2) is 9.46. The Morgan fingerprint density at radius 2 is 1.42 bits per heavy atom. The first-order chi connectivity index (χ1) is 16.2. The topological polar surface area (TPSA) is 53.1 Å². The Hall–Kier alpha value is -3.64. The average Bonchev–Trinajstić information content (AvgIpc) is 2.87. The summed E-state index contributed by atoms with van der Waals surface area (Å²) in [5.41, 5.74) is 3.74. The molecule has 1 fully saturated rings. The first kappa shape index (κ1) is 21.2. The number of hydrogen-bond donors (Lipinski definition) is 0. The molecule has 0 atom stereocenters. The van der Waals surface area contributed by atoms with Crippen molar-refractivity contribution in [1.29, 1.82) is 0 Å². The first-order valence-electron chi connectivity index (χ1n) is 11.3. The number of hydrogen-bond acceptors (Lipinski definition) is 4. The average molecular weight is 442 g/mol. The maximum Gasteiger partial charge on any atom is 0.265 e. The smallest absolute Gasteiger partial charge is 0.265 e. The van der Waals surface area contributed by atoms with Crippen molar-refractivity contribution in [2.45, 2.75) is 13.1 Å². The fourth-order valence-corrected chi connectivity index (χ4v) is 4.40. The predicted octanol–water partition coefficient (Wildman–Crippen LogP) is 3.57. The molecule has 0 unspecified atom stereocenters. The van der Waals surface area contributed by atoms with Gasteiger partial charge in [0.15, 0.2) is 6.61 Å². The molecule has 3 aromatic rings. The van der Waals surface area contributed by atoms with Crippen LogP contribution in [0.3, 0.4) is 0 Å². The molecule has 0 saturated carbocycles. The summed E-state index contributed by atoms with van der Waals surface area (Å²) in [7, 11) is 0. The van der Waals surface area contributed by atoms with E-state index in [-0.39, 0.29) is 18.4 Å². The molecule has 6 nitrogen and oxygen atoms in total. The molecule has 1 saturated heterocycles. The van der Waals surface area contributed by atoms with Gasteiger partial charge < -0.3 is 14.5 Å². The molecule has 5 rings (SSSR count). The van der Waals surface area contributed by atoms with Crippen molar-refractivity contribution in [1.82, 2.24) is 9.80 Å². The largest absolute Gasteiger partial charge is 0.482 e. The van der Waals surface area contributed by atoms with Crippen molar-refractivity contribution in [3.63, 3.8) is 0 Å². The van der Waals surface area contributed by atoms with E-state index in [1.807, 2.05) is 59.5 Å². The predicted molar refractivity (Wildman–Crippen MR) is 127 cm³/mol. The first-order valence-corrected chi connectivity index (χ1v) is 11.3. The van der Waals surface area contributed by atoms with E-state index in [4.69, 9.17) is 4.74 Å². The maximum absolute atomic E-state index is 13.0. The van der Waals surface area contributed by atoms with Gasteiger partial charge in [-0.05, 0) is 35.4 Å². The highest BCUT2D eigenvalue weighted by atomic mass is 16.5. The number of anilines is 1. The number of fused-ring (bicyclic) bond motifs is 1. The molecule has 0 aliphatic carbocycles. The van der Waals surface area contributed by atoms with Crippen LogP contribution in [0.25, 0.3) is 0 Å². The Labute approximate surface area is 194 Å². The van der Waals surface area contributed by atoms with E-state index in [2.05, 4.69) is 29.2 Å². The molecular formula is C27H27N3O3. The van der Waals surface area contributed by atoms with Crippen LogP contribution in [0.5, 0.6) is 5.75 Å². The lowest BCUT2D eigenvalue weighted by atomic mass is 10.1.